The minimum atomic E-state index is -0.266. The third kappa shape index (κ3) is 3.82. The Labute approximate surface area is 117 Å². The van der Waals surface area contributed by atoms with Crippen LogP contribution in [0.3, 0.4) is 0 Å². The average Bonchev–Trinajstić information content (AvgIpc) is 2.39. The number of nitrogens with two attached hydrogens (primary N) is 1. The fourth-order valence-electron chi connectivity index (χ4n) is 1.92. The van der Waals surface area contributed by atoms with Crippen LogP contribution in [0.15, 0.2) is 28.7 Å². The summed E-state index contributed by atoms with van der Waals surface area (Å²) in [4.78, 5) is 12.1. The van der Waals surface area contributed by atoms with Crippen molar-refractivity contribution in [3.63, 3.8) is 0 Å². The van der Waals surface area contributed by atoms with Crippen LogP contribution in [0.4, 0.5) is 0 Å². The zero-order valence-electron chi connectivity index (χ0n) is 11.0. The van der Waals surface area contributed by atoms with Gasteiger partial charge >= 0.3 is 0 Å². The number of rotatable bonds is 6. The minimum absolute atomic E-state index is 0.0241. The summed E-state index contributed by atoms with van der Waals surface area (Å²) in [5.41, 5.74) is 6.50. The van der Waals surface area contributed by atoms with E-state index in [1.165, 1.54) is 0 Å². The van der Waals surface area contributed by atoms with Gasteiger partial charge in [-0.15, -0.1) is 0 Å². The highest BCUT2D eigenvalue weighted by molar-refractivity contribution is 9.10. The lowest BCUT2D eigenvalue weighted by atomic mass is 9.92. The summed E-state index contributed by atoms with van der Waals surface area (Å²) in [6, 6.07) is 7.76. The van der Waals surface area contributed by atoms with Gasteiger partial charge in [-0.3, -0.25) is 4.79 Å². The second-order valence-electron chi connectivity index (χ2n) is 4.51. The topological polar surface area (TPSA) is 55.1 Å². The molecule has 0 spiro atoms. The summed E-state index contributed by atoms with van der Waals surface area (Å²) >= 11 is 3.45. The van der Waals surface area contributed by atoms with E-state index in [1.807, 2.05) is 24.3 Å². The summed E-state index contributed by atoms with van der Waals surface area (Å²) in [6.07, 6.45) is 2.08. The molecule has 0 radical (unpaired) electrons. The number of amides is 1. The highest BCUT2D eigenvalue weighted by Crippen LogP contribution is 2.18. The highest BCUT2D eigenvalue weighted by Gasteiger charge is 2.26. The van der Waals surface area contributed by atoms with Crippen LogP contribution < -0.4 is 11.1 Å². The van der Waals surface area contributed by atoms with Crippen LogP contribution in [0.1, 0.15) is 32.3 Å². The summed E-state index contributed by atoms with van der Waals surface area (Å²) in [6.45, 7) is 4.58. The zero-order chi connectivity index (χ0) is 13.6. The van der Waals surface area contributed by atoms with Crippen molar-refractivity contribution < 1.29 is 4.79 Å². The van der Waals surface area contributed by atoms with Crippen LogP contribution in [0.2, 0.25) is 0 Å². The van der Waals surface area contributed by atoms with Gasteiger partial charge in [0.25, 0.3) is 0 Å². The van der Waals surface area contributed by atoms with Crippen molar-refractivity contribution >= 4 is 21.8 Å². The lowest BCUT2D eigenvalue weighted by molar-refractivity contribution is -0.122. The van der Waals surface area contributed by atoms with E-state index in [0.29, 0.717) is 13.0 Å². The van der Waals surface area contributed by atoms with Gasteiger partial charge in [-0.2, -0.15) is 0 Å². The predicted molar refractivity (Wildman–Crippen MR) is 78.4 cm³/mol. The Morgan fingerprint density at radius 1 is 1.33 bits per heavy atom. The molecule has 0 aliphatic rings. The van der Waals surface area contributed by atoms with E-state index in [9.17, 15) is 4.79 Å². The van der Waals surface area contributed by atoms with E-state index in [0.717, 1.165) is 22.9 Å². The first kappa shape index (κ1) is 15.2. The van der Waals surface area contributed by atoms with Crippen molar-refractivity contribution in [3.8, 4) is 0 Å². The molecule has 0 fully saturated rings. The molecule has 4 heteroatoms. The van der Waals surface area contributed by atoms with Crippen LogP contribution in [0, 0.1) is 0 Å². The maximum atomic E-state index is 12.1. The van der Waals surface area contributed by atoms with Gasteiger partial charge in [0.05, 0.1) is 12.0 Å². The molecule has 0 atom stereocenters. The summed E-state index contributed by atoms with van der Waals surface area (Å²) in [5.74, 6) is 0.0241. The minimum Gasteiger partial charge on any atom is -0.349 e. The number of carbonyl (C=O) groups is 1. The van der Waals surface area contributed by atoms with Crippen molar-refractivity contribution in [1.29, 1.82) is 0 Å². The first-order valence-electron chi connectivity index (χ1n) is 6.31. The van der Waals surface area contributed by atoms with E-state index in [4.69, 9.17) is 5.73 Å². The van der Waals surface area contributed by atoms with Crippen LogP contribution in [0.25, 0.3) is 0 Å². The molecule has 3 N–H and O–H groups in total. The fraction of sp³-hybridized carbons (Fsp3) is 0.500. The summed E-state index contributed by atoms with van der Waals surface area (Å²) in [7, 11) is 0. The molecular formula is C14H21BrN2O. The molecule has 1 aromatic carbocycles. The molecule has 0 aromatic heterocycles. The Morgan fingerprint density at radius 3 is 2.44 bits per heavy atom. The maximum Gasteiger partial charge on any atom is 0.224 e. The van der Waals surface area contributed by atoms with Gasteiger partial charge in [0.2, 0.25) is 5.91 Å². The van der Waals surface area contributed by atoms with Gasteiger partial charge in [-0.1, -0.05) is 48.0 Å². The van der Waals surface area contributed by atoms with Crippen molar-refractivity contribution in [2.45, 2.75) is 38.6 Å². The molecule has 1 amide bonds. The first-order chi connectivity index (χ1) is 8.56. The number of carbonyl (C=O) groups excluding carboxylic acids is 1. The number of nitrogens with one attached hydrogen (secondary N) is 1. The quantitative estimate of drug-likeness (QED) is 0.848. The molecule has 1 aromatic rings. The van der Waals surface area contributed by atoms with Gasteiger partial charge in [-0.05, 0) is 24.5 Å². The van der Waals surface area contributed by atoms with Crippen molar-refractivity contribution in [2.24, 2.45) is 5.73 Å². The van der Waals surface area contributed by atoms with Gasteiger partial charge in [-0.25, -0.2) is 0 Å². The predicted octanol–water partition coefficient (Wildman–Crippen LogP) is 2.63. The monoisotopic (exact) mass is 312 g/mol. The fourth-order valence-corrected chi connectivity index (χ4v) is 2.35. The third-order valence-corrected chi connectivity index (χ3v) is 4.23. The number of hydrogen-bond acceptors (Lipinski definition) is 2. The van der Waals surface area contributed by atoms with E-state index in [2.05, 4.69) is 35.1 Å². The number of halogens is 1. The molecule has 0 saturated heterocycles. The van der Waals surface area contributed by atoms with Gasteiger partial charge in [0.1, 0.15) is 0 Å². The Morgan fingerprint density at radius 2 is 1.94 bits per heavy atom. The van der Waals surface area contributed by atoms with Crippen molar-refractivity contribution in [1.82, 2.24) is 5.32 Å². The van der Waals surface area contributed by atoms with Gasteiger partial charge < -0.3 is 11.1 Å². The summed E-state index contributed by atoms with van der Waals surface area (Å²) < 4.78 is 0.964. The molecule has 0 aliphatic heterocycles. The van der Waals surface area contributed by atoms with Crippen LogP contribution in [-0.2, 0) is 11.2 Å². The first-order valence-corrected chi connectivity index (χ1v) is 7.10. The zero-order valence-corrected chi connectivity index (χ0v) is 12.6. The smallest absolute Gasteiger partial charge is 0.224 e. The largest absolute Gasteiger partial charge is 0.349 e. The second kappa shape index (κ2) is 6.90. The van der Waals surface area contributed by atoms with Gasteiger partial charge in [0, 0.05) is 11.0 Å². The molecule has 3 nitrogen and oxygen atoms in total. The second-order valence-corrected chi connectivity index (χ2v) is 5.36. The van der Waals surface area contributed by atoms with Crippen LogP contribution in [-0.4, -0.2) is 18.0 Å². The molecule has 18 heavy (non-hydrogen) atoms. The third-order valence-electron chi connectivity index (χ3n) is 3.46. The molecule has 100 valence electrons. The molecule has 0 unspecified atom stereocenters. The van der Waals surface area contributed by atoms with Crippen LogP contribution in [0.5, 0.6) is 0 Å². The Balaban J connectivity index is 2.70. The number of hydrogen-bond donors (Lipinski definition) is 2. The van der Waals surface area contributed by atoms with E-state index >= 15 is 0 Å². The lowest BCUT2D eigenvalue weighted by Crippen LogP contribution is -2.53. The highest BCUT2D eigenvalue weighted by atomic mass is 79.9. The van der Waals surface area contributed by atoms with E-state index < -0.39 is 0 Å². The Hall–Kier alpha value is -0.870. The standard InChI is InChI=1S/C14H21BrN2O/c1-3-14(4-2,10-16)17-13(18)9-11-7-5-6-8-12(11)15/h5-8H,3-4,9-10,16H2,1-2H3,(H,17,18). The van der Waals surface area contributed by atoms with Crippen molar-refractivity contribution in [3.05, 3.63) is 34.3 Å². The summed E-state index contributed by atoms with van der Waals surface area (Å²) in [5, 5.41) is 3.07. The molecule has 0 heterocycles. The Bertz CT molecular complexity index is 394. The number of benzene rings is 1. The molecule has 0 aliphatic carbocycles. The van der Waals surface area contributed by atoms with Crippen LogP contribution >= 0.6 is 15.9 Å². The molecule has 0 saturated carbocycles. The van der Waals surface area contributed by atoms with Gasteiger partial charge in [0.15, 0.2) is 0 Å². The lowest BCUT2D eigenvalue weighted by Gasteiger charge is -2.31. The normalized spacial score (nSPS) is 11.3. The molecular weight excluding hydrogens is 292 g/mol. The Kier molecular flexibility index (Phi) is 5.82. The molecule has 1 rings (SSSR count). The SMILES string of the molecule is CCC(CC)(CN)NC(=O)Cc1ccccc1Br. The van der Waals surface area contributed by atoms with Crippen molar-refractivity contribution in [2.75, 3.05) is 6.54 Å². The molecule has 0 bridgehead atoms. The van der Waals surface area contributed by atoms with E-state index in [1.54, 1.807) is 0 Å². The average molecular weight is 313 g/mol. The van der Waals surface area contributed by atoms with E-state index in [-0.39, 0.29) is 11.4 Å². The maximum absolute atomic E-state index is 12.1.